The molecule has 6 N–H and O–H groups in total. The van der Waals surface area contributed by atoms with Gasteiger partial charge in [-0.3, -0.25) is 0 Å². The van der Waals surface area contributed by atoms with Crippen molar-refractivity contribution in [3.05, 3.63) is 23.3 Å². The maximum absolute atomic E-state index is 14.9. The minimum Gasteiger partial charge on any atom is -0.479 e. The van der Waals surface area contributed by atoms with E-state index < -0.39 is 89.0 Å². The lowest BCUT2D eigenvalue weighted by Gasteiger charge is -2.40. The Hall–Kier alpha value is -3.19. The van der Waals surface area contributed by atoms with E-state index in [1.165, 1.54) is 5.32 Å². The number of hydrogen-bond donors (Lipinski definition) is 6. The second-order valence-corrected chi connectivity index (χ2v) is 8.14. The van der Waals surface area contributed by atoms with E-state index in [-0.39, 0.29) is 6.07 Å². The maximum atomic E-state index is 14.9. The topological polar surface area (TPSA) is 158 Å². The first-order chi connectivity index (χ1) is 16.3. The summed E-state index contributed by atoms with van der Waals surface area (Å²) in [6, 6.07) is -1.27. The van der Waals surface area contributed by atoms with Crippen molar-refractivity contribution in [3.63, 3.8) is 0 Å². The third-order valence-corrected chi connectivity index (χ3v) is 5.62. The minimum atomic E-state index is -5.44. The predicted molar refractivity (Wildman–Crippen MR) is 102 cm³/mol. The number of aliphatic hydroxyl groups excluding tert-OH is 3. The molecule has 4 rings (SSSR count). The van der Waals surface area contributed by atoms with Crippen LogP contribution in [0.3, 0.4) is 0 Å². The molecule has 2 amide bonds. The van der Waals surface area contributed by atoms with E-state index in [1.807, 2.05) is 11.2 Å². The number of rotatable bonds is 3. The largest absolute Gasteiger partial charge is 0.479 e. The normalized spacial score (nSPS) is 32.5. The zero-order chi connectivity index (χ0) is 25.9. The summed E-state index contributed by atoms with van der Waals surface area (Å²) >= 11 is 0. The fourth-order valence-corrected chi connectivity index (χ4v) is 3.64. The zero-order valence-corrected chi connectivity index (χ0v) is 17.3. The van der Waals surface area contributed by atoms with Gasteiger partial charge in [-0.05, 0) is 12.8 Å². The lowest BCUT2D eigenvalue weighted by atomic mass is 9.85. The van der Waals surface area contributed by atoms with Gasteiger partial charge < -0.3 is 40.5 Å². The molecule has 1 aromatic rings. The molecular weight excluding hydrogens is 491 g/mol. The molecule has 15 heteroatoms. The molecule has 1 aromatic carbocycles. The summed E-state index contributed by atoms with van der Waals surface area (Å²) in [5, 5.41) is 42.3. The van der Waals surface area contributed by atoms with Gasteiger partial charge in [-0.25, -0.2) is 18.4 Å². The van der Waals surface area contributed by atoms with Crippen molar-refractivity contribution in [2.75, 3.05) is 5.32 Å². The average Bonchev–Trinajstić information content (AvgIpc) is 3.59. The van der Waals surface area contributed by atoms with Crippen LogP contribution in [0.4, 0.5) is 32.4 Å². The third kappa shape index (κ3) is 4.22. The molecule has 1 saturated heterocycles. The number of urea groups is 1. The van der Waals surface area contributed by atoms with Gasteiger partial charge in [0.1, 0.15) is 24.1 Å². The van der Waals surface area contributed by atoms with Gasteiger partial charge >= 0.3 is 18.2 Å². The lowest BCUT2D eigenvalue weighted by Crippen LogP contribution is -2.61. The fourth-order valence-electron chi connectivity index (χ4n) is 3.64. The van der Waals surface area contributed by atoms with Gasteiger partial charge in [-0.1, -0.05) is 11.8 Å². The second-order valence-electron chi connectivity index (χ2n) is 8.14. The molecule has 2 aliphatic heterocycles. The zero-order valence-electron chi connectivity index (χ0n) is 17.3. The van der Waals surface area contributed by atoms with Gasteiger partial charge in [0.05, 0.1) is 11.3 Å². The summed E-state index contributed by atoms with van der Waals surface area (Å²) < 4.78 is 82.1. The molecule has 35 heavy (non-hydrogen) atoms. The molecular formula is C20H17F5N2O8. The fraction of sp³-hybridized carbons (Fsp3) is 0.500. The molecule has 1 aliphatic carbocycles. The number of aliphatic carboxylic acids is 1. The Morgan fingerprint density at radius 2 is 1.83 bits per heavy atom. The van der Waals surface area contributed by atoms with Gasteiger partial charge in [-0.15, -0.1) is 0 Å². The summed E-state index contributed by atoms with van der Waals surface area (Å²) in [5.41, 5.74) is -6.16. The number of amides is 2. The van der Waals surface area contributed by atoms with E-state index in [9.17, 15) is 46.9 Å². The second kappa shape index (κ2) is 8.48. The van der Waals surface area contributed by atoms with Gasteiger partial charge in [0.15, 0.2) is 17.7 Å². The van der Waals surface area contributed by atoms with E-state index >= 15 is 0 Å². The molecule has 1 saturated carbocycles. The van der Waals surface area contributed by atoms with Crippen molar-refractivity contribution >= 4 is 17.7 Å². The predicted octanol–water partition coefficient (Wildman–Crippen LogP) is 0.542. The van der Waals surface area contributed by atoms with E-state index in [0.717, 1.165) is 0 Å². The Morgan fingerprint density at radius 1 is 1.17 bits per heavy atom. The van der Waals surface area contributed by atoms with Crippen LogP contribution in [0.15, 0.2) is 6.07 Å². The number of carbonyl (C=O) groups is 2. The van der Waals surface area contributed by atoms with Crippen LogP contribution in [-0.2, 0) is 15.1 Å². The van der Waals surface area contributed by atoms with Crippen LogP contribution < -0.4 is 15.4 Å². The molecule has 0 aromatic heterocycles. The molecule has 190 valence electrons. The molecule has 2 fully saturated rings. The minimum absolute atomic E-state index is 0.235. The molecule has 0 bridgehead atoms. The van der Waals surface area contributed by atoms with Gasteiger partial charge in [0.25, 0.3) is 0 Å². The Balaban J connectivity index is 1.84. The van der Waals surface area contributed by atoms with Crippen LogP contribution in [0.1, 0.15) is 18.4 Å². The lowest BCUT2D eigenvalue weighted by molar-refractivity contribution is -0.271. The first-order valence-electron chi connectivity index (χ1n) is 10.1. The molecule has 2 heterocycles. The number of alkyl halides is 3. The van der Waals surface area contributed by atoms with Crippen LogP contribution in [0.5, 0.6) is 5.75 Å². The average molecular weight is 508 g/mol. The van der Waals surface area contributed by atoms with Crippen LogP contribution in [0.2, 0.25) is 0 Å². The van der Waals surface area contributed by atoms with Crippen molar-refractivity contribution in [2.45, 2.75) is 55.3 Å². The van der Waals surface area contributed by atoms with Gasteiger partial charge in [-0.2, -0.15) is 13.2 Å². The van der Waals surface area contributed by atoms with Gasteiger partial charge in [0.2, 0.25) is 11.8 Å². The van der Waals surface area contributed by atoms with Crippen molar-refractivity contribution in [2.24, 2.45) is 5.92 Å². The van der Waals surface area contributed by atoms with Gasteiger partial charge in [0, 0.05) is 12.0 Å². The van der Waals surface area contributed by atoms with Crippen LogP contribution >= 0.6 is 0 Å². The number of fused-ring (bicyclic) bond motifs is 1. The number of halogens is 5. The van der Waals surface area contributed by atoms with E-state index in [2.05, 4.69) is 5.92 Å². The third-order valence-electron chi connectivity index (χ3n) is 5.62. The van der Waals surface area contributed by atoms with Crippen LogP contribution in [0, 0.1) is 29.4 Å². The quantitative estimate of drug-likeness (QED) is 0.255. The number of carboxylic acids is 1. The molecule has 6 atom stereocenters. The first kappa shape index (κ1) is 24.9. The molecule has 0 radical (unpaired) electrons. The van der Waals surface area contributed by atoms with Crippen molar-refractivity contribution in [1.29, 1.82) is 0 Å². The van der Waals surface area contributed by atoms with Crippen LogP contribution in [-0.4, -0.2) is 69.3 Å². The number of anilines is 1. The highest BCUT2D eigenvalue weighted by Crippen LogP contribution is 2.49. The Labute approximate surface area is 192 Å². The summed E-state index contributed by atoms with van der Waals surface area (Å²) in [7, 11) is 0. The highest BCUT2D eigenvalue weighted by molar-refractivity contribution is 5.96. The Bertz CT molecular complexity index is 1130. The van der Waals surface area contributed by atoms with Crippen molar-refractivity contribution in [3.8, 4) is 17.6 Å². The summed E-state index contributed by atoms with van der Waals surface area (Å²) in [6.07, 6.45) is -15.3. The van der Waals surface area contributed by atoms with Crippen LogP contribution in [0.25, 0.3) is 0 Å². The number of benzene rings is 1. The molecule has 10 nitrogen and oxygen atoms in total. The number of nitrogens with one attached hydrogen (secondary N) is 2. The maximum Gasteiger partial charge on any atom is 0.427 e. The SMILES string of the molecule is O=C1Nc2c(O[C@@H]3O[C@H](C(=O)O)[C@@H](O)[C@H](O)[C@H]3O)cc(F)c(F)c2[C@@](C#CC2CC2)(C(F)(F)F)N1. The number of carboxylic acid groups (broad SMARTS) is 1. The standard InChI is InChI=1S/C20H17F5N2O8/c21-7-5-8(34-17-14(30)12(28)13(29)15(35-17)16(31)32)11-9(10(7)22)19(20(23,24)25,27-18(33)26-11)4-3-6-1-2-6/h5-6,12-15,17,28-30H,1-2H2,(H,31,32)(H2,26,27,33)/t12-,13-,14+,15-,17+,19-/m0/s1. The summed E-state index contributed by atoms with van der Waals surface area (Å²) in [6.45, 7) is 0. The first-order valence-corrected chi connectivity index (χ1v) is 10.1. The highest BCUT2D eigenvalue weighted by atomic mass is 19.4. The molecule has 0 unspecified atom stereocenters. The highest BCUT2D eigenvalue weighted by Gasteiger charge is 2.62. The molecule has 0 spiro atoms. The summed E-state index contributed by atoms with van der Waals surface area (Å²) in [5.74, 6) is -2.98. The molecule has 3 aliphatic rings. The number of aliphatic hydroxyl groups is 3. The number of carbonyl (C=O) groups excluding carboxylic acids is 1. The Morgan fingerprint density at radius 3 is 2.40 bits per heavy atom. The number of ether oxygens (including phenoxy) is 2. The van der Waals surface area contributed by atoms with E-state index in [4.69, 9.17) is 14.6 Å². The van der Waals surface area contributed by atoms with Crippen molar-refractivity contribution in [1.82, 2.24) is 5.32 Å². The van der Waals surface area contributed by atoms with E-state index in [1.54, 1.807) is 0 Å². The Kier molecular flexibility index (Phi) is 6.04. The number of hydrogen-bond acceptors (Lipinski definition) is 7. The summed E-state index contributed by atoms with van der Waals surface area (Å²) in [4.78, 5) is 23.5. The van der Waals surface area contributed by atoms with E-state index in [0.29, 0.717) is 12.8 Å². The monoisotopic (exact) mass is 508 g/mol. The smallest absolute Gasteiger partial charge is 0.427 e. The van der Waals surface area contributed by atoms with Crippen molar-refractivity contribution < 1.29 is 61.4 Å².